The molecule has 1 heterocycles. The van der Waals surface area contributed by atoms with Gasteiger partial charge in [-0.05, 0) is 42.3 Å². The number of phenolic OH excluding ortho intramolecular Hbond substituents is 1. The molecule has 3 rings (SSSR count). The number of carbonyl (C=O) groups is 2. The average molecular weight is 576 g/mol. The molecular weight excluding hydrogens is 538 g/mol. The van der Waals surface area contributed by atoms with Gasteiger partial charge in [0.1, 0.15) is 0 Å². The van der Waals surface area contributed by atoms with Crippen LogP contribution in [0.15, 0.2) is 45.6 Å². The Balaban J connectivity index is 1.23. The van der Waals surface area contributed by atoms with Gasteiger partial charge in [0.2, 0.25) is 5.91 Å². The number of phenols is 1. The van der Waals surface area contributed by atoms with Gasteiger partial charge in [0, 0.05) is 13.0 Å². The van der Waals surface area contributed by atoms with Crippen molar-refractivity contribution in [2.75, 3.05) is 66.0 Å². The molecule has 0 unspecified atom stereocenters. The Labute approximate surface area is 237 Å². The zero-order chi connectivity index (χ0) is 29.5. The maximum Gasteiger partial charge on any atom is 0.420 e. The van der Waals surface area contributed by atoms with Crippen molar-refractivity contribution in [3.63, 3.8) is 0 Å². The largest absolute Gasteiger partial charge is 0.504 e. The minimum absolute atomic E-state index is 0.144. The fourth-order valence-electron chi connectivity index (χ4n) is 3.68. The molecule has 2 amide bonds. The molecule has 0 atom stereocenters. The minimum atomic E-state index is -0.484. The van der Waals surface area contributed by atoms with E-state index in [1.807, 2.05) is 19.1 Å². The van der Waals surface area contributed by atoms with Crippen LogP contribution in [0, 0.1) is 6.92 Å². The van der Waals surface area contributed by atoms with E-state index in [2.05, 4.69) is 5.32 Å². The molecule has 0 saturated carbocycles. The van der Waals surface area contributed by atoms with E-state index in [9.17, 15) is 19.5 Å². The van der Waals surface area contributed by atoms with Crippen LogP contribution >= 0.6 is 0 Å². The van der Waals surface area contributed by atoms with Crippen molar-refractivity contribution in [2.24, 2.45) is 5.73 Å². The summed E-state index contributed by atoms with van der Waals surface area (Å²) in [5.74, 6) is -1.24. The van der Waals surface area contributed by atoms with Gasteiger partial charge in [0.15, 0.2) is 23.7 Å². The highest BCUT2D eigenvalue weighted by Crippen LogP contribution is 2.27. The van der Waals surface area contributed by atoms with Crippen LogP contribution in [0.25, 0.3) is 11.1 Å². The van der Waals surface area contributed by atoms with Crippen molar-refractivity contribution in [3.8, 4) is 11.5 Å². The smallest absolute Gasteiger partial charge is 0.420 e. The maximum atomic E-state index is 12.3. The molecular formula is C28H37N3O10. The number of benzene rings is 2. The van der Waals surface area contributed by atoms with Crippen LogP contribution in [0.4, 0.5) is 0 Å². The number of hydrogen-bond donors (Lipinski definition) is 3. The number of carbonyl (C=O) groups excluding carboxylic acids is 2. The van der Waals surface area contributed by atoms with Crippen molar-refractivity contribution >= 4 is 22.9 Å². The van der Waals surface area contributed by atoms with E-state index < -0.39 is 11.7 Å². The number of nitrogens with one attached hydrogen (secondary N) is 1. The van der Waals surface area contributed by atoms with E-state index in [0.717, 1.165) is 5.56 Å². The fourth-order valence-corrected chi connectivity index (χ4v) is 3.68. The summed E-state index contributed by atoms with van der Waals surface area (Å²) in [6.45, 7) is 5.08. The quantitative estimate of drug-likeness (QED) is 0.166. The number of oxazole rings is 1. The molecule has 0 aliphatic rings. The van der Waals surface area contributed by atoms with Gasteiger partial charge in [-0.2, -0.15) is 0 Å². The number of hydrogen-bond acceptors (Lipinski definition) is 10. The van der Waals surface area contributed by atoms with E-state index in [1.54, 1.807) is 18.2 Å². The number of aromatic nitrogens is 1. The lowest BCUT2D eigenvalue weighted by Crippen LogP contribution is -2.31. The summed E-state index contributed by atoms with van der Waals surface area (Å²) in [7, 11) is 0. The predicted molar refractivity (Wildman–Crippen MR) is 148 cm³/mol. The summed E-state index contributed by atoms with van der Waals surface area (Å²) in [6.07, 6.45) is 0.192. The third-order valence-electron chi connectivity index (χ3n) is 5.72. The molecule has 0 aliphatic carbocycles. The van der Waals surface area contributed by atoms with Gasteiger partial charge in [-0.3, -0.25) is 14.2 Å². The molecule has 0 spiro atoms. The molecule has 3 aromatic rings. The Bertz CT molecular complexity index is 1320. The summed E-state index contributed by atoms with van der Waals surface area (Å²) in [6, 6.07) is 10.2. The molecule has 4 N–H and O–H groups in total. The molecule has 0 bridgehead atoms. The van der Waals surface area contributed by atoms with Crippen LogP contribution < -0.4 is 21.5 Å². The van der Waals surface area contributed by atoms with Gasteiger partial charge in [0.25, 0.3) is 5.91 Å². The van der Waals surface area contributed by atoms with Gasteiger partial charge >= 0.3 is 5.76 Å². The number of aromatic hydroxyl groups is 1. The van der Waals surface area contributed by atoms with Crippen LogP contribution in [-0.4, -0.2) is 87.5 Å². The van der Waals surface area contributed by atoms with Crippen LogP contribution in [0.5, 0.6) is 11.5 Å². The zero-order valence-electron chi connectivity index (χ0n) is 23.1. The maximum absolute atomic E-state index is 12.3. The number of aryl methyl sites for hydroxylation is 1. The van der Waals surface area contributed by atoms with E-state index in [1.165, 1.54) is 10.6 Å². The SMILES string of the molecule is Cc1ccc2oc(=O)n(Cc3ccc(OCC(=O)NCCOCCOCCOCCOCCC(N)=O)c(O)c3)c2c1. The number of nitrogens with two attached hydrogens (primary N) is 1. The van der Waals surface area contributed by atoms with E-state index in [4.69, 9.17) is 33.8 Å². The molecule has 0 saturated heterocycles. The average Bonchev–Trinajstić information content (AvgIpc) is 3.24. The van der Waals surface area contributed by atoms with Crippen LogP contribution in [0.2, 0.25) is 0 Å². The van der Waals surface area contributed by atoms with Gasteiger partial charge in [-0.1, -0.05) is 12.1 Å². The van der Waals surface area contributed by atoms with Crippen molar-refractivity contribution in [2.45, 2.75) is 19.9 Å². The van der Waals surface area contributed by atoms with E-state index >= 15 is 0 Å². The number of amides is 2. The second-order valence-corrected chi connectivity index (χ2v) is 9.03. The summed E-state index contributed by atoms with van der Waals surface area (Å²) >= 11 is 0. The second-order valence-electron chi connectivity index (χ2n) is 9.03. The molecule has 13 heteroatoms. The molecule has 224 valence electrons. The summed E-state index contributed by atoms with van der Waals surface area (Å²) in [5, 5.41) is 13.0. The lowest BCUT2D eigenvalue weighted by atomic mass is 10.2. The minimum Gasteiger partial charge on any atom is -0.504 e. The van der Waals surface area contributed by atoms with Crippen molar-refractivity contribution < 1.29 is 42.8 Å². The Morgan fingerprint density at radius 1 is 0.927 bits per heavy atom. The van der Waals surface area contributed by atoms with Crippen LogP contribution in [0.3, 0.4) is 0 Å². The molecule has 0 fully saturated rings. The standard InChI is InChI=1S/C28H37N3O10/c1-20-2-4-24-22(16-20)31(28(35)41-24)18-21-3-5-25(23(32)17-21)40-19-27(34)30-7-9-37-11-13-39-15-14-38-12-10-36-8-6-26(29)33/h2-5,16-17,32H,6-15,18-19H2,1H3,(H2,29,33)(H,30,34). The van der Waals surface area contributed by atoms with Crippen molar-refractivity contribution in [1.29, 1.82) is 0 Å². The fraction of sp³-hybridized carbons (Fsp3) is 0.464. The summed E-state index contributed by atoms with van der Waals surface area (Å²) < 4.78 is 33.5. The van der Waals surface area contributed by atoms with Crippen LogP contribution in [-0.2, 0) is 35.1 Å². The molecule has 1 aromatic heterocycles. The Hall–Kier alpha value is -3.91. The molecule has 41 heavy (non-hydrogen) atoms. The number of nitrogens with zero attached hydrogens (tertiary/aromatic N) is 1. The number of ether oxygens (including phenoxy) is 5. The first-order chi connectivity index (χ1) is 19.8. The Kier molecular flexibility index (Phi) is 13.1. The van der Waals surface area contributed by atoms with Gasteiger partial charge in [0.05, 0.1) is 64.9 Å². The van der Waals surface area contributed by atoms with Gasteiger partial charge in [-0.25, -0.2) is 4.79 Å². The lowest BCUT2D eigenvalue weighted by molar-refractivity contribution is -0.123. The van der Waals surface area contributed by atoms with Gasteiger partial charge in [-0.15, -0.1) is 0 Å². The zero-order valence-corrected chi connectivity index (χ0v) is 23.1. The van der Waals surface area contributed by atoms with Gasteiger partial charge < -0.3 is 44.3 Å². The number of rotatable bonds is 20. The van der Waals surface area contributed by atoms with E-state index in [-0.39, 0.29) is 43.6 Å². The van der Waals surface area contributed by atoms with E-state index in [0.29, 0.717) is 69.5 Å². The first kappa shape index (κ1) is 31.6. The van der Waals surface area contributed by atoms with Crippen LogP contribution in [0.1, 0.15) is 17.5 Å². The highest BCUT2D eigenvalue weighted by Gasteiger charge is 2.12. The highest BCUT2D eigenvalue weighted by atomic mass is 16.6. The normalized spacial score (nSPS) is 11.1. The Morgan fingerprint density at radius 2 is 1.59 bits per heavy atom. The summed E-state index contributed by atoms with van der Waals surface area (Å²) in [4.78, 5) is 34.9. The molecule has 2 aromatic carbocycles. The summed E-state index contributed by atoms with van der Waals surface area (Å²) in [5.41, 5.74) is 7.84. The first-order valence-electron chi connectivity index (χ1n) is 13.2. The third-order valence-corrected chi connectivity index (χ3v) is 5.72. The second kappa shape index (κ2) is 17.0. The highest BCUT2D eigenvalue weighted by molar-refractivity contribution is 5.77. The predicted octanol–water partition coefficient (Wildman–Crippen LogP) is 1.09. The number of fused-ring (bicyclic) bond motifs is 1. The van der Waals surface area contributed by atoms with Crippen molar-refractivity contribution in [1.82, 2.24) is 9.88 Å². The van der Waals surface area contributed by atoms with Crippen molar-refractivity contribution in [3.05, 3.63) is 58.1 Å². The topological polar surface area (TPSA) is 174 Å². The monoisotopic (exact) mass is 575 g/mol. The first-order valence-corrected chi connectivity index (χ1v) is 13.2. The lowest BCUT2D eigenvalue weighted by Gasteiger charge is -2.11. The third kappa shape index (κ3) is 11.2. The molecule has 0 aliphatic heterocycles. The molecule has 13 nitrogen and oxygen atoms in total. The number of primary amides is 1. The Morgan fingerprint density at radius 3 is 2.24 bits per heavy atom. The molecule has 0 radical (unpaired) electrons.